The van der Waals surface area contributed by atoms with Gasteiger partial charge in [0.05, 0.1) is 18.8 Å². The third-order valence-corrected chi connectivity index (χ3v) is 4.86. The van der Waals surface area contributed by atoms with Gasteiger partial charge in [0, 0.05) is 25.7 Å². The van der Waals surface area contributed by atoms with Gasteiger partial charge in [-0.25, -0.2) is 0 Å². The minimum Gasteiger partial charge on any atom is -0.466 e. The van der Waals surface area contributed by atoms with Crippen molar-refractivity contribution in [2.45, 2.75) is 46.6 Å². The molecule has 1 aliphatic heterocycles. The molecule has 1 amide bonds. The summed E-state index contributed by atoms with van der Waals surface area (Å²) in [4.78, 5) is 14.9. The molecular weight excluding hydrogens is 292 g/mol. The number of hydrogen-bond donors (Lipinski definition) is 1. The zero-order valence-corrected chi connectivity index (χ0v) is 14.9. The van der Waals surface area contributed by atoms with Crippen LogP contribution in [0.2, 0.25) is 0 Å². The SMILES string of the molecule is CCC(CC)[C@H](CNC(=O)c1cc(C)oc1C)N1CCOCC1. The quantitative estimate of drug-likeness (QED) is 0.839. The third-order valence-electron chi connectivity index (χ3n) is 4.86. The zero-order valence-electron chi connectivity index (χ0n) is 14.9. The standard InChI is InChI=1S/C18H30N2O3/c1-5-15(6-2)17(20-7-9-22-10-8-20)12-19-18(21)16-11-13(3)23-14(16)4/h11,15,17H,5-10,12H2,1-4H3,(H,19,21)/t17-/m0/s1. The molecule has 1 aromatic heterocycles. The first-order valence-corrected chi connectivity index (χ1v) is 8.73. The van der Waals surface area contributed by atoms with Gasteiger partial charge in [-0.15, -0.1) is 0 Å². The van der Waals surface area contributed by atoms with Gasteiger partial charge in [0.2, 0.25) is 0 Å². The lowest BCUT2D eigenvalue weighted by Gasteiger charge is -2.38. The van der Waals surface area contributed by atoms with Gasteiger partial charge in [-0.05, 0) is 25.8 Å². The number of nitrogens with zero attached hydrogens (tertiary/aromatic N) is 1. The van der Waals surface area contributed by atoms with Crippen molar-refractivity contribution in [3.05, 3.63) is 23.2 Å². The van der Waals surface area contributed by atoms with Crippen LogP contribution < -0.4 is 5.32 Å². The summed E-state index contributed by atoms with van der Waals surface area (Å²) in [6, 6.07) is 2.18. The topological polar surface area (TPSA) is 54.7 Å². The highest BCUT2D eigenvalue weighted by Crippen LogP contribution is 2.20. The van der Waals surface area contributed by atoms with E-state index in [1.807, 2.05) is 19.9 Å². The Labute approximate surface area is 139 Å². The summed E-state index contributed by atoms with van der Waals surface area (Å²) in [6.07, 6.45) is 2.25. The molecule has 1 atom stereocenters. The van der Waals surface area contributed by atoms with Crippen LogP contribution in [0.5, 0.6) is 0 Å². The summed E-state index contributed by atoms with van der Waals surface area (Å²) < 4.78 is 10.9. The molecule has 1 saturated heterocycles. The van der Waals surface area contributed by atoms with Crippen molar-refractivity contribution in [2.75, 3.05) is 32.8 Å². The second kappa shape index (κ2) is 8.50. The molecule has 0 bridgehead atoms. The lowest BCUT2D eigenvalue weighted by Crippen LogP contribution is -2.52. The number of rotatable bonds is 7. The number of morpholine rings is 1. The molecule has 23 heavy (non-hydrogen) atoms. The van der Waals surface area contributed by atoms with Crippen LogP contribution >= 0.6 is 0 Å². The smallest absolute Gasteiger partial charge is 0.254 e. The molecule has 130 valence electrons. The fourth-order valence-electron chi connectivity index (χ4n) is 3.48. The van der Waals surface area contributed by atoms with E-state index in [2.05, 4.69) is 24.1 Å². The van der Waals surface area contributed by atoms with E-state index in [0.29, 0.717) is 29.8 Å². The Morgan fingerprint density at radius 3 is 2.43 bits per heavy atom. The van der Waals surface area contributed by atoms with Crippen LogP contribution in [0.1, 0.15) is 48.6 Å². The van der Waals surface area contributed by atoms with Gasteiger partial charge >= 0.3 is 0 Å². The van der Waals surface area contributed by atoms with E-state index in [1.54, 1.807) is 0 Å². The van der Waals surface area contributed by atoms with Gasteiger partial charge < -0.3 is 14.5 Å². The van der Waals surface area contributed by atoms with Gasteiger partial charge in [-0.1, -0.05) is 26.7 Å². The first-order valence-electron chi connectivity index (χ1n) is 8.73. The van der Waals surface area contributed by atoms with Gasteiger partial charge in [0.15, 0.2) is 0 Å². The molecule has 2 heterocycles. The molecule has 0 aromatic carbocycles. The monoisotopic (exact) mass is 322 g/mol. The molecule has 0 aliphatic carbocycles. The van der Waals surface area contributed by atoms with E-state index in [1.165, 1.54) is 0 Å². The van der Waals surface area contributed by atoms with Crippen LogP contribution in [0.4, 0.5) is 0 Å². The Morgan fingerprint density at radius 1 is 1.26 bits per heavy atom. The summed E-state index contributed by atoms with van der Waals surface area (Å²) >= 11 is 0. The Hall–Kier alpha value is -1.33. The highest BCUT2D eigenvalue weighted by molar-refractivity contribution is 5.95. The summed E-state index contributed by atoms with van der Waals surface area (Å²) in [7, 11) is 0. The molecule has 0 radical (unpaired) electrons. The van der Waals surface area contributed by atoms with Crippen molar-refractivity contribution in [1.29, 1.82) is 0 Å². The molecule has 1 aliphatic rings. The maximum absolute atomic E-state index is 12.5. The minimum absolute atomic E-state index is 0.0384. The fraction of sp³-hybridized carbons (Fsp3) is 0.722. The lowest BCUT2D eigenvalue weighted by atomic mass is 9.92. The molecule has 5 nitrogen and oxygen atoms in total. The Kier molecular flexibility index (Phi) is 6.66. The van der Waals surface area contributed by atoms with Crippen LogP contribution in [-0.2, 0) is 4.74 Å². The Balaban J connectivity index is 2.02. The average molecular weight is 322 g/mol. The summed E-state index contributed by atoms with van der Waals surface area (Å²) in [5.41, 5.74) is 0.646. The third kappa shape index (κ3) is 4.58. The molecule has 1 N–H and O–H groups in total. The molecule has 0 unspecified atom stereocenters. The normalized spacial score (nSPS) is 17.4. The van der Waals surface area contributed by atoms with Crippen LogP contribution in [0, 0.1) is 19.8 Å². The van der Waals surface area contributed by atoms with Crippen LogP contribution in [0.15, 0.2) is 10.5 Å². The predicted octanol–water partition coefficient (Wildman–Crippen LogP) is 2.76. The van der Waals surface area contributed by atoms with E-state index < -0.39 is 0 Å². The van der Waals surface area contributed by atoms with Gasteiger partial charge in [0.25, 0.3) is 5.91 Å². The second-order valence-electron chi connectivity index (χ2n) is 6.33. The van der Waals surface area contributed by atoms with E-state index in [4.69, 9.17) is 9.15 Å². The summed E-state index contributed by atoms with van der Waals surface area (Å²) in [6.45, 7) is 12.3. The van der Waals surface area contributed by atoms with Crippen LogP contribution in [-0.4, -0.2) is 49.7 Å². The first-order chi connectivity index (χ1) is 11.1. The largest absolute Gasteiger partial charge is 0.466 e. The molecule has 5 heteroatoms. The first kappa shape index (κ1) is 18.0. The van der Waals surface area contributed by atoms with Crippen molar-refractivity contribution in [1.82, 2.24) is 10.2 Å². The molecule has 2 rings (SSSR count). The molecular formula is C18H30N2O3. The number of carbonyl (C=O) groups is 1. The maximum atomic E-state index is 12.5. The zero-order chi connectivity index (χ0) is 16.8. The maximum Gasteiger partial charge on any atom is 0.254 e. The molecule has 1 fully saturated rings. The Morgan fingerprint density at radius 2 is 1.91 bits per heavy atom. The molecule has 0 spiro atoms. The molecule has 0 saturated carbocycles. The highest BCUT2D eigenvalue weighted by atomic mass is 16.5. The van der Waals surface area contributed by atoms with E-state index in [-0.39, 0.29) is 5.91 Å². The van der Waals surface area contributed by atoms with E-state index in [0.717, 1.165) is 44.9 Å². The van der Waals surface area contributed by atoms with Crippen molar-refractivity contribution < 1.29 is 13.9 Å². The number of nitrogens with one attached hydrogen (secondary N) is 1. The van der Waals surface area contributed by atoms with Crippen molar-refractivity contribution in [2.24, 2.45) is 5.92 Å². The number of amides is 1. The van der Waals surface area contributed by atoms with Gasteiger partial charge in [-0.3, -0.25) is 9.69 Å². The average Bonchev–Trinajstić information content (AvgIpc) is 2.90. The summed E-state index contributed by atoms with van der Waals surface area (Å²) in [5, 5.41) is 3.12. The highest BCUT2D eigenvalue weighted by Gasteiger charge is 2.27. The van der Waals surface area contributed by atoms with Crippen molar-refractivity contribution in [3.63, 3.8) is 0 Å². The van der Waals surface area contributed by atoms with E-state index >= 15 is 0 Å². The van der Waals surface area contributed by atoms with Crippen LogP contribution in [0.3, 0.4) is 0 Å². The van der Waals surface area contributed by atoms with E-state index in [9.17, 15) is 4.79 Å². The number of carbonyl (C=O) groups excluding carboxylic acids is 1. The number of aryl methyl sites for hydroxylation is 2. The van der Waals surface area contributed by atoms with Crippen LogP contribution in [0.25, 0.3) is 0 Å². The predicted molar refractivity (Wildman–Crippen MR) is 90.8 cm³/mol. The minimum atomic E-state index is -0.0384. The van der Waals surface area contributed by atoms with Crippen molar-refractivity contribution >= 4 is 5.91 Å². The lowest BCUT2D eigenvalue weighted by molar-refractivity contribution is 0.00191. The van der Waals surface area contributed by atoms with Gasteiger partial charge in [0.1, 0.15) is 11.5 Å². The number of ether oxygens (including phenoxy) is 1. The fourth-order valence-corrected chi connectivity index (χ4v) is 3.48. The number of hydrogen-bond acceptors (Lipinski definition) is 4. The Bertz CT molecular complexity index is 502. The summed E-state index contributed by atoms with van der Waals surface area (Å²) in [5.74, 6) is 2.01. The second-order valence-corrected chi connectivity index (χ2v) is 6.33. The molecule has 1 aromatic rings. The van der Waals surface area contributed by atoms with Crippen molar-refractivity contribution in [3.8, 4) is 0 Å². The number of furan rings is 1. The van der Waals surface area contributed by atoms with Gasteiger partial charge in [-0.2, -0.15) is 0 Å².